The fraction of sp³-hybridized carbons (Fsp3) is 0.118. The van der Waals surface area contributed by atoms with Crippen molar-refractivity contribution in [2.24, 2.45) is 0 Å². The lowest BCUT2D eigenvalue weighted by Gasteiger charge is -2.14. The number of anilines is 1. The molecule has 0 radical (unpaired) electrons. The number of nitrogens with zero attached hydrogens (tertiary/aromatic N) is 3. The number of nitriles is 1. The number of sulfonamides is 1. The summed E-state index contributed by atoms with van der Waals surface area (Å²) >= 11 is 0.844. The molecule has 0 aliphatic carbocycles. The molecule has 0 unspecified atom stereocenters. The van der Waals surface area contributed by atoms with Crippen LogP contribution in [0.4, 0.5) is 18.3 Å². The van der Waals surface area contributed by atoms with Crippen LogP contribution in [0.3, 0.4) is 0 Å². The lowest BCUT2D eigenvalue weighted by Crippen LogP contribution is -2.17. The fourth-order valence-corrected chi connectivity index (χ4v) is 3.98. The minimum atomic E-state index is -4.83. The van der Waals surface area contributed by atoms with E-state index in [-0.39, 0.29) is 27.1 Å². The van der Waals surface area contributed by atoms with Crippen LogP contribution < -0.4 is 14.2 Å². The second-order valence-corrected chi connectivity index (χ2v) is 8.16. The summed E-state index contributed by atoms with van der Waals surface area (Å²) in [6.45, 7) is 1.50. The molecule has 13 heteroatoms. The van der Waals surface area contributed by atoms with Crippen LogP contribution in [0.25, 0.3) is 0 Å². The molecule has 30 heavy (non-hydrogen) atoms. The van der Waals surface area contributed by atoms with Crippen molar-refractivity contribution in [3.8, 4) is 23.3 Å². The van der Waals surface area contributed by atoms with Gasteiger partial charge in [-0.05, 0) is 48.9 Å². The van der Waals surface area contributed by atoms with Gasteiger partial charge in [0.25, 0.3) is 10.0 Å². The summed E-state index contributed by atoms with van der Waals surface area (Å²) in [5, 5.41) is 9.43. The van der Waals surface area contributed by atoms with Crippen molar-refractivity contribution in [3.05, 3.63) is 53.9 Å². The van der Waals surface area contributed by atoms with Gasteiger partial charge in [-0.3, -0.25) is 4.72 Å². The maximum atomic E-state index is 12.4. The second kappa shape index (κ2) is 8.17. The third-order valence-corrected chi connectivity index (χ3v) is 5.61. The number of benzene rings is 2. The maximum absolute atomic E-state index is 12.4. The molecule has 0 saturated carbocycles. The van der Waals surface area contributed by atoms with E-state index in [1.165, 1.54) is 31.5 Å². The number of halogens is 3. The highest BCUT2D eigenvalue weighted by Crippen LogP contribution is 2.33. The molecular formula is C17H11F3N4O4S2. The highest BCUT2D eigenvalue weighted by atomic mass is 32.2. The highest BCUT2D eigenvalue weighted by molar-refractivity contribution is 7.93. The largest absolute Gasteiger partial charge is 0.573 e. The minimum Gasteiger partial charge on any atom is -0.456 e. The average molecular weight is 456 g/mol. The highest BCUT2D eigenvalue weighted by Gasteiger charge is 2.31. The number of hydrogen-bond acceptors (Lipinski definition) is 8. The zero-order valence-electron chi connectivity index (χ0n) is 15.0. The van der Waals surface area contributed by atoms with Crippen LogP contribution in [0.1, 0.15) is 11.1 Å². The molecule has 3 rings (SSSR count). The van der Waals surface area contributed by atoms with E-state index >= 15 is 0 Å². The van der Waals surface area contributed by atoms with E-state index in [0.29, 0.717) is 5.56 Å². The van der Waals surface area contributed by atoms with Gasteiger partial charge in [0.15, 0.2) is 0 Å². The first-order valence-corrected chi connectivity index (χ1v) is 10.2. The van der Waals surface area contributed by atoms with E-state index in [0.717, 1.165) is 29.7 Å². The molecule has 8 nitrogen and oxygen atoms in total. The molecule has 156 valence electrons. The van der Waals surface area contributed by atoms with E-state index in [9.17, 15) is 26.9 Å². The van der Waals surface area contributed by atoms with Crippen LogP contribution in [0.15, 0.2) is 47.6 Å². The van der Waals surface area contributed by atoms with Crippen LogP contribution in [0, 0.1) is 18.3 Å². The van der Waals surface area contributed by atoms with Gasteiger partial charge < -0.3 is 9.47 Å². The molecule has 0 amide bonds. The van der Waals surface area contributed by atoms with Crippen molar-refractivity contribution in [1.82, 2.24) is 9.36 Å². The fourth-order valence-electron chi connectivity index (χ4n) is 2.30. The summed E-state index contributed by atoms with van der Waals surface area (Å²) in [6.07, 6.45) is -3.64. The number of ether oxygens (including phenoxy) is 2. The molecule has 0 aliphatic rings. The van der Waals surface area contributed by atoms with E-state index < -0.39 is 22.1 Å². The molecule has 2 aromatic carbocycles. The summed E-state index contributed by atoms with van der Waals surface area (Å²) in [6, 6.07) is 8.86. The Labute approximate surface area is 172 Å². The Balaban J connectivity index is 1.85. The van der Waals surface area contributed by atoms with Gasteiger partial charge in [0.2, 0.25) is 5.13 Å². The normalized spacial score (nSPS) is 11.6. The van der Waals surface area contributed by atoms with Crippen molar-refractivity contribution in [3.63, 3.8) is 0 Å². The minimum absolute atomic E-state index is 0.0277. The van der Waals surface area contributed by atoms with E-state index in [1.54, 1.807) is 0 Å². The van der Waals surface area contributed by atoms with Crippen molar-refractivity contribution >= 4 is 26.7 Å². The molecule has 0 spiro atoms. The van der Waals surface area contributed by atoms with Gasteiger partial charge in [-0.15, -0.1) is 13.2 Å². The summed E-state index contributed by atoms with van der Waals surface area (Å²) in [4.78, 5) is 3.53. The van der Waals surface area contributed by atoms with Gasteiger partial charge in [0, 0.05) is 11.5 Å². The second-order valence-electron chi connectivity index (χ2n) is 5.70. The predicted molar refractivity (Wildman–Crippen MR) is 99.8 cm³/mol. The van der Waals surface area contributed by atoms with Gasteiger partial charge in [-0.25, -0.2) is 13.4 Å². The SMILES string of the molecule is Cc1cc(OC(F)(F)F)ccc1Oc1ccc(S(=O)(=O)Nc2ncns2)cc1C#N. The standard InChI is InChI=1S/C17H11F3N4O4S2/c1-10-6-12(28-17(18,19)20)2-4-14(10)27-15-5-3-13(7-11(15)8-21)30(25,26)24-16-22-9-23-29-16/h2-7,9H,1H3,(H,22,23,24). The summed E-state index contributed by atoms with van der Waals surface area (Å²) < 4.78 is 77.1. The Morgan fingerprint density at radius 2 is 1.90 bits per heavy atom. The van der Waals surface area contributed by atoms with Crippen LogP contribution >= 0.6 is 11.5 Å². The topological polar surface area (TPSA) is 114 Å². The first kappa shape index (κ1) is 21.3. The van der Waals surface area contributed by atoms with Gasteiger partial charge in [0.1, 0.15) is 29.6 Å². The number of hydrogen-bond donors (Lipinski definition) is 1. The van der Waals surface area contributed by atoms with Gasteiger partial charge >= 0.3 is 6.36 Å². The quantitative estimate of drug-likeness (QED) is 0.591. The van der Waals surface area contributed by atoms with Crippen molar-refractivity contribution in [2.45, 2.75) is 18.2 Å². The van der Waals surface area contributed by atoms with Gasteiger partial charge in [-0.1, -0.05) is 0 Å². The van der Waals surface area contributed by atoms with E-state index in [1.807, 2.05) is 6.07 Å². The molecule has 0 bridgehead atoms. The zero-order valence-corrected chi connectivity index (χ0v) is 16.6. The van der Waals surface area contributed by atoms with Crippen molar-refractivity contribution < 1.29 is 31.1 Å². The number of alkyl halides is 3. The molecule has 1 aromatic heterocycles. The number of rotatable bonds is 6. The molecule has 1 N–H and O–H groups in total. The molecule has 0 fully saturated rings. The monoisotopic (exact) mass is 456 g/mol. The Kier molecular flexibility index (Phi) is 5.81. The van der Waals surface area contributed by atoms with Crippen LogP contribution in [-0.2, 0) is 10.0 Å². The molecule has 3 aromatic rings. The summed E-state index contributed by atoms with van der Waals surface area (Å²) in [5.74, 6) is -0.222. The Morgan fingerprint density at radius 3 is 2.50 bits per heavy atom. The Bertz CT molecular complexity index is 1210. The van der Waals surface area contributed by atoms with Crippen molar-refractivity contribution in [2.75, 3.05) is 4.72 Å². The average Bonchev–Trinajstić information content (AvgIpc) is 3.15. The molecule has 1 heterocycles. The molecule has 0 aliphatic heterocycles. The van der Waals surface area contributed by atoms with Crippen LogP contribution in [0.5, 0.6) is 17.2 Å². The lowest BCUT2D eigenvalue weighted by molar-refractivity contribution is -0.274. The summed E-state index contributed by atoms with van der Waals surface area (Å²) in [5.41, 5.74) is 0.223. The third kappa shape index (κ3) is 5.16. The zero-order chi connectivity index (χ0) is 21.9. The third-order valence-electron chi connectivity index (χ3n) is 3.56. The molecule has 0 atom stereocenters. The lowest BCUT2D eigenvalue weighted by atomic mass is 10.2. The van der Waals surface area contributed by atoms with Crippen molar-refractivity contribution in [1.29, 1.82) is 5.26 Å². The van der Waals surface area contributed by atoms with Crippen LogP contribution in [0.2, 0.25) is 0 Å². The molecular weight excluding hydrogens is 445 g/mol. The smallest absolute Gasteiger partial charge is 0.456 e. The maximum Gasteiger partial charge on any atom is 0.573 e. The van der Waals surface area contributed by atoms with Gasteiger partial charge in [-0.2, -0.15) is 9.64 Å². The number of aryl methyl sites for hydroxylation is 1. The number of aromatic nitrogens is 2. The van der Waals surface area contributed by atoms with E-state index in [4.69, 9.17) is 4.74 Å². The first-order chi connectivity index (χ1) is 14.1. The molecule has 0 saturated heterocycles. The van der Waals surface area contributed by atoms with E-state index in [2.05, 4.69) is 18.8 Å². The van der Waals surface area contributed by atoms with Gasteiger partial charge in [0.05, 0.1) is 10.5 Å². The first-order valence-electron chi connectivity index (χ1n) is 7.95. The number of nitrogens with one attached hydrogen (secondary N) is 1. The van der Waals surface area contributed by atoms with Crippen LogP contribution in [-0.4, -0.2) is 24.1 Å². The predicted octanol–water partition coefficient (Wildman–Crippen LogP) is 4.21. The Morgan fingerprint density at radius 1 is 1.17 bits per heavy atom. The summed E-state index contributed by atoms with van der Waals surface area (Å²) in [7, 11) is -4.01. The Hall–Kier alpha value is -3.37.